The summed E-state index contributed by atoms with van der Waals surface area (Å²) < 4.78 is 12.9. The number of hydrogen-bond donors (Lipinski definition) is 2. The summed E-state index contributed by atoms with van der Waals surface area (Å²) in [5.41, 5.74) is 0.143. The molecule has 7 heteroatoms. The van der Waals surface area contributed by atoms with Crippen LogP contribution in [0.15, 0.2) is 18.2 Å². The fourth-order valence-electron chi connectivity index (χ4n) is 0.948. The van der Waals surface area contributed by atoms with Crippen molar-refractivity contribution in [1.29, 1.82) is 0 Å². The van der Waals surface area contributed by atoms with E-state index in [1.54, 1.807) is 0 Å². The molecule has 0 atom stereocenters. The average Bonchev–Trinajstić information content (AvgIpc) is 2.15. The van der Waals surface area contributed by atoms with E-state index in [1.165, 1.54) is 6.07 Å². The molecule has 2 N–H and O–H groups in total. The Kier molecular flexibility index (Phi) is 4.52. The third kappa shape index (κ3) is 4.04. The molecular weight excluding hydrogens is 258 g/mol. The number of imide groups is 1. The Hall–Kier alpha value is -1.33. The minimum Gasteiger partial charge on any atom is -0.307 e. The number of carbonyl (C=O) groups is 2. The number of rotatable bonds is 2. The number of carbonyl (C=O) groups excluding carboxylic acids is 2. The number of hydrogen-bond acceptors (Lipinski definition) is 2. The van der Waals surface area contributed by atoms with Gasteiger partial charge in [0.15, 0.2) is 0 Å². The van der Waals surface area contributed by atoms with Crippen molar-refractivity contribution < 1.29 is 14.0 Å². The van der Waals surface area contributed by atoms with E-state index in [-0.39, 0.29) is 16.6 Å². The van der Waals surface area contributed by atoms with Crippen LogP contribution in [0.25, 0.3) is 0 Å². The first-order chi connectivity index (χ1) is 7.51. The van der Waals surface area contributed by atoms with Gasteiger partial charge in [-0.15, -0.1) is 11.6 Å². The van der Waals surface area contributed by atoms with Gasteiger partial charge in [0.2, 0.25) is 5.91 Å². The standard InChI is InChI=1S/C9H7Cl2FN2O2/c10-4-8(15)14-9(16)13-7-2-5(11)1-6(12)3-7/h1-3H,4H2,(H2,13,14,15,16). The average molecular weight is 265 g/mol. The second kappa shape index (κ2) is 5.67. The molecule has 0 unspecified atom stereocenters. The van der Waals surface area contributed by atoms with Crippen LogP contribution in [0.1, 0.15) is 0 Å². The van der Waals surface area contributed by atoms with Gasteiger partial charge < -0.3 is 5.32 Å². The maximum absolute atomic E-state index is 12.9. The van der Waals surface area contributed by atoms with Gasteiger partial charge in [-0.3, -0.25) is 10.1 Å². The SMILES string of the molecule is O=C(CCl)NC(=O)Nc1cc(F)cc(Cl)c1. The quantitative estimate of drug-likeness (QED) is 0.806. The molecule has 3 amide bonds. The van der Waals surface area contributed by atoms with Gasteiger partial charge in [-0.25, -0.2) is 9.18 Å². The zero-order chi connectivity index (χ0) is 12.1. The van der Waals surface area contributed by atoms with Crippen LogP contribution < -0.4 is 10.6 Å². The smallest absolute Gasteiger partial charge is 0.307 e. The van der Waals surface area contributed by atoms with Gasteiger partial charge in [0, 0.05) is 10.7 Å². The number of nitrogens with one attached hydrogen (secondary N) is 2. The van der Waals surface area contributed by atoms with E-state index in [9.17, 15) is 14.0 Å². The first kappa shape index (κ1) is 12.7. The van der Waals surface area contributed by atoms with E-state index < -0.39 is 17.8 Å². The summed E-state index contributed by atoms with van der Waals surface area (Å²) in [6.07, 6.45) is 0. The maximum Gasteiger partial charge on any atom is 0.325 e. The van der Waals surface area contributed by atoms with Crippen molar-refractivity contribution in [1.82, 2.24) is 5.32 Å². The van der Waals surface area contributed by atoms with Crippen LogP contribution in [0, 0.1) is 5.82 Å². The molecule has 4 nitrogen and oxygen atoms in total. The Balaban J connectivity index is 2.66. The summed E-state index contributed by atoms with van der Waals surface area (Å²) in [5.74, 6) is -1.58. The number of benzene rings is 1. The molecule has 0 aliphatic rings. The van der Waals surface area contributed by atoms with Crippen LogP contribution in [-0.4, -0.2) is 17.8 Å². The highest BCUT2D eigenvalue weighted by Gasteiger charge is 2.07. The predicted molar refractivity (Wildman–Crippen MR) is 59.3 cm³/mol. The van der Waals surface area contributed by atoms with E-state index >= 15 is 0 Å². The molecule has 0 heterocycles. The molecule has 16 heavy (non-hydrogen) atoms. The lowest BCUT2D eigenvalue weighted by molar-refractivity contribution is -0.117. The van der Waals surface area contributed by atoms with Gasteiger partial charge in [-0.05, 0) is 18.2 Å². The fourth-order valence-corrected chi connectivity index (χ4v) is 1.24. The maximum atomic E-state index is 12.9. The molecule has 86 valence electrons. The molecule has 0 aromatic heterocycles. The minimum atomic E-state index is -0.799. The van der Waals surface area contributed by atoms with E-state index in [1.807, 2.05) is 5.32 Å². The van der Waals surface area contributed by atoms with Crippen molar-refractivity contribution in [2.24, 2.45) is 0 Å². The van der Waals surface area contributed by atoms with Gasteiger partial charge >= 0.3 is 6.03 Å². The lowest BCUT2D eigenvalue weighted by atomic mass is 10.3. The third-order valence-electron chi connectivity index (χ3n) is 1.49. The van der Waals surface area contributed by atoms with E-state index in [0.717, 1.165) is 12.1 Å². The molecule has 0 saturated heterocycles. The van der Waals surface area contributed by atoms with E-state index in [2.05, 4.69) is 5.32 Å². The minimum absolute atomic E-state index is 0.138. The van der Waals surface area contributed by atoms with Gasteiger partial charge in [-0.2, -0.15) is 0 Å². The van der Waals surface area contributed by atoms with Crippen molar-refractivity contribution in [2.75, 3.05) is 11.2 Å². The number of amides is 3. The molecule has 1 aromatic carbocycles. The molecule has 1 rings (SSSR count). The fraction of sp³-hybridized carbons (Fsp3) is 0.111. The van der Waals surface area contributed by atoms with Gasteiger partial charge in [0.05, 0.1) is 0 Å². The molecule has 0 aliphatic heterocycles. The second-order valence-corrected chi connectivity index (χ2v) is 3.50. The topological polar surface area (TPSA) is 58.2 Å². The zero-order valence-electron chi connectivity index (χ0n) is 7.89. The van der Waals surface area contributed by atoms with E-state index in [4.69, 9.17) is 23.2 Å². The van der Waals surface area contributed by atoms with Crippen LogP contribution in [0.4, 0.5) is 14.9 Å². The first-order valence-electron chi connectivity index (χ1n) is 4.14. The number of halogens is 3. The van der Waals surface area contributed by atoms with Crippen LogP contribution in [0.5, 0.6) is 0 Å². The highest BCUT2D eigenvalue weighted by Crippen LogP contribution is 2.17. The highest BCUT2D eigenvalue weighted by atomic mass is 35.5. The Morgan fingerprint density at radius 1 is 1.31 bits per heavy atom. The largest absolute Gasteiger partial charge is 0.325 e. The Labute approximate surface area is 101 Å². The van der Waals surface area contributed by atoms with Crippen molar-refractivity contribution in [3.05, 3.63) is 29.0 Å². The lowest BCUT2D eigenvalue weighted by Gasteiger charge is -2.05. The zero-order valence-corrected chi connectivity index (χ0v) is 9.40. The summed E-state index contributed by atoms with van der Waals surface area (Å²) >= 11 is 10.7. The molecule has 0 spiro atoms. The number of alkyl halides is 1. The monoisotopic (exact) mass is 264 g/mol. The summed E-state index contributed by atoms with van der Waals surface area (Å²) in [5, 5.41) is 4.30. The summed E-state index contributed by atoms with van der Waals surface area (Å²) in [4.78, 5) is 21.9. The Morgan fingerprint density at radius 3 is 2.56 bits per heavy atom. The molecule has 0 radical (unpaired) electrons. The van der Waals surface area contributed by atoms with E-state index in [0.29, 0.717) is 0 Å². The summed E-state index contributed by atoms with van der Waals surface area (Å²) in [6.45, 7) is 0. The number of anilines is 1. The molecule has 1 aromatic rings. The second-order valence-electron chi connectivity index (χ2n) is 2.79. The van der Waals surface area contributed by atoms with Crippen LogP contribution in [0.2, 0.25) is 5.02 Å². The van der Waals surface area contributed by atoms with Gasteiger partial charge in [-0.1, -0.05) is 11.6 Å². The summed E-state index contributed by atoms with van der Waals surface area (Å²) in [7, 11) is 0. The van der Waals surface area contributed by atoms with Crippen LogP contribution in [-0.2, 0) is 4.79 Å². The van der Waals surface area contributed by atoms with Crippen molar-refractivity contribution in [3.63, 3.8) is 0 Å². The van der Waals surface area contributed by atoms with Gasteiger partial charge in [0.1, 0.15) is 11.7 Å². The van der Waals surface area contributed by atoms with Crippen LogP contribution in [0.3, 0.4) is 0 Å². The van der Waals surface area contributed by atoms with Crippen molar-refractivity contribution in [2.45, 2.75) is 0 Å². The van der Waals surface area contributed by atoms with Crippen molar-refractivity contribution >= 4 is 40.8 Å². The Bertz CT molecular complexity index is 406. The normalized spacial score (nSPS) is 9.69. The van der Waals surface area contributed by atoms with Crippen LogP contribution >= 0.6 is 23.2 Å². The predicted octanol–water partition coefficient (Wildman–Crippen LogP) is 2.37. The molecule has 0 fully saturated rings. The molecular formula is C9H7Cl2FN2O2. The molecule has 0 aliphatic carbocycles. The summed E-state index contributed by atoms with van der Waals surface area (Å²) in [6, 6.07) is 2.70. The molecule has 0 bridgehead atoms. The molecule has 0 saturated carbocycles. The number of urea groups is 1. The Morgan fingerprint density at radius 2 is 2.00 bits per heavy atom. The van der Waals surface area contributed by atoms with Gasteiger partial charge in [0.25, 0.3) is 0 Å². The third-order valence-corrected chi connectivity index (χ3v) is 1.96. The first-order valence-corrected chi connectivity index (χ1v) is 5.05. The van der Waals surface area contributed by atoms with Crippen molar-refractivity contribution in [3.8, 4) is 0 Å². The lowest BCUT2D eigenvalue weighted by Crippen LogP contribution is -2.35. The highest BCUT2D eigenvalue weighted by molar-refractivity contribution is 6.31.